The highest BCUT2D eigenvalue weighted by Gasteiger charge is 2.28. The summed E-state index contributed by atoms with van der Waals surface area (Å²) in [7, 11) is 0. The molecule has 2 amide bonds. The van der Waals surface area contributed by atoms with Crippen LogP contribution in [-0.2, 0) is 17.6 Å². The number of carbonyl (C=O) groups is 2. The van der Waals surface area contributed by atoms with Crippen molar-refractivity contribution in [3.8, 4) is 0 Å². The summed E-state index contributed by atoms with van der Waals surface area (Å²) >= 11 is 0. The first-order chi connectivity index (χ1) is 17.5. The minimum absolute atomic E-state index is 0.205. The Morgan fingerprint density at radius 2 is 1.97 bits per heavy atom. The van der Waals surface area contributed by atoms with Crippen molar-refractivity contribution in [3.05, 3.63) is 63.6 Å². The van der Waals surface area contributed by atoms with E-state index in [1.165, 1.54) is 17.3 Å². The van der Waals surface area contributed by atoms with Gasteiger partial charge < -0.3 is 25.1 Å². The molecule has 0 unspecified atom stereocenters. The van der Waals surface area contributed by atoms with E-state index in [-0.39, 0.29) is 5.56 Å². The number of aromatic amines is 1. The second kappa shape index (κ2) is 8.80. The van der Waals surface area contributed by atoms with Crippen LogP contribution in [-0.4, -0.2) is 52.9 Å². The lowest BCUT2D eigenvalue weighted by atomic mass is 9.90. The van der Waals surface area contributed by atoms with Gasteiger partial charge in [-0.1, -0.05) is 0 Å². The van der Waals surface area contributed by atoms with Crippen molar-refractivity contribution in [1.82, 2.24) is 15.5 Å². The molecule has 0 aliphatic carbocycles. The monoisotopic (exact) mass is 487 g/mol. The SMILES string of the molecule is O=C(N[C@@H](CO)C(=O)Nc1ccc2cn[nH]c2c1)c1cc2cc3c4c(c2oc1=O)CCCN4CCC3. The average molecular weight is 488 g/mol. The Balaban J connectivity index is 1.26. The second-order valence-electron chi connectivity index (χ2n) is 9.29. The molecule has 0 spiro atoms. The largest absolute Gasteiger partial charge is 0.422 e. The van der Waals surface area contributed by atoms with Crippen LogP contribution in [0.3, 0.4) is 0 Å². The van der Waals surface area contributed by atoms with E-state index in [1.54, 1.807) is 24.4 Å². The Kier molecular flexibility index (Phi) is 5.45. The molecule has 2 aromatic heterocycles. The van der Waals surface area contributed by atoms with E-state index in [2.05, 4.69) is 25.7 Å². The number of aromatic nitrogens is 2. The molecule has 4 aromatic rings. The van der Waals surface area contributed by atoms with Crippen LogP contribution in [0.25, 0.3) is 21.9 Å². The lowest BCUT2D eigenvalue weighted by Crippen LogP contribution is -2.47. The van der Waals surface area contributed by atoms with Gasteiger partial charge in [-0.15, -0.1) is 0 Å². The molecule has 2 aliphatic rings. The Morgan fingerprint density at radius 3 is 2.81 bits per heavy atom. The number of anilines is 2. The fourth-order valence-corrected chi connectivity index (χ4v) is 5.28. The Labute approximate surface area is 205 Å². The fourth-order valence-electron chi connectivity index (χ4n) is 5.28. The van der Waals surface area contributed by atoms with Gasteiger partial charge >= 0.3 is 5.63 Å². The number of hydrogen-bond donors (Lipinski definition) is 4. The third-order valence-corrected chi connectivity index (χ3v) is 6.97. The molecule has 0 bridgehead atoms. The molecule has 2 aliphatic heterocycles. The molecule has 0 radical (unpaired) electrons. The third kappa shape index (κ3) is 3.79. The summed E-state index contributed by atoms with van der Waals surface area (Å²) in [6.07, 6.45) is 5.46. The van der Waals surface area contributed by atoms with Crippen LogP contribution in [0, 0.1) is 0 Å². The van der Waals surface area contributed by atoms with Crippen molar-refractivity contribution in [1.29, 1.82) is 0 Å². The summed E-state index contributed by atoms with van der Waals surface area (Å²) < 4.78 is 5.67. The van der Waals surface area contributed by atoms with E-state index >= 15 is 0 Å². The molecule has 4 heterocycles. The van der Waals surface area contributed by atoms with Gasteiger partial charge in [0.1, 0.15) is 17.2 Å². The molecule has 4 N–H and O–H groups in total. The molecule has 0 saturated carbocycles. The van der Waals surface area contributed by atoms with E-state index in [0.717, 1.165) is 55.2 Å². The average Bonchev–Trinajstić information content (AvgIpc) is 3.35. The molecule has 2 aromatic carbocycles. The highest BCUT2D eigenvalue weighted by Crippen LogP contribution is 2.39. The number of carbonyl (C=O) groups excluding carboxylic acids is 2. The third-order valence-electron chi connectivity index (χ3n) is 6.97. The zero-order valence-corrected chi connectivity index (χ0v) is 19.5. The number of fused-ring (bicyclic) bond motifs is 3. The smallest absolute Gasteiger partial charge is 0.349 e. The van der Waals surface area contributed by atoms with Crippen molar-refractivity contribution in [2.45, 2.75) is 31.7 Å². The highest BCUT2D eigenvalue weighted by atomic mass is 16.4. The summed E-state index contributed by atoms with van der Waals surface area (Å²) in [6, 6.07) is 7.43. The molecular formula is C26H25N5O5. The van der Waals surface area contributed by atoms with Crippen molar-refractivity contribution < 1.29 is 19.1 Å². The van der Waals surface area contributed by atoms with Crippen molar-refractivity contribution in [3.63, 3.8) is 0 Å². The standard InChI is InChI=1S/C26H25N5O5/c32-13-21(25(34)28-17-6-5-15-12-27-30-20(15)11-17)29-24(33)19-10-16-9-14-3-1-7-31-8-2-4-18(22(14)31)23(16)36-26(19)35/h5-6,9-12,21,32H,1-4,7-8,13H2,(H,27,30)(H,28,34)(H,29,33)/t21-/m0/s1. The summed E-state index contributed by atoms with van der Waals surface area (Å²) in [4.78, 5) is 40.9. The highest BCUT2D eigenvalue weighted by molar-refractivity contribution is 6.03. The quantitative estimate of drug-likeness (QED) is 0.316. The van der Waals surface area contributed by atoms with Gasteiger partial charge in [0.05, 0.1) is 18.3 Å². The number of amides is 2. The van der Waals surface area contributed by atoms with Crippen LogP contribution < -0.4 is 21.2 Å². The lowest BCUT2D eigenvalue weighted by molar-refractivity contribution is -0.118. The summed E-state index contributed by atoms with van der Waals surface area (Å²) in [6.45, 7) is 1.35. The predicted molar refractivity (Wildman–Crippen MR) is 134 cm³/mol. The van der Waals surface area contributed by atoms with Gasteiger partial charge in [-0.25, -0.2) is 4.79 Å². The minimum atomic E-state index is -1.26. The number of nitrogens with one attached hydrogen (secondary N) is 3. The second-order valence-corrected chi connectivity index (χ2v) is 9.29. The maximum absolute atomic E-state index is 13.0. The molecule has 6 rings (SSSR count). The number of aryl methyl sites for hydroxylation is 2. The van der Waals surface area contributed by atoms with E-state index in [0.29, 0.717) is 16.7 Å². The molecular weight excluding hydrogens is 462 g/mol. The van der Waals surface area contributed by atoms with Gasteiger partial charge in [0.2, 0.25) is 5.91 Å². The fraction of sp³-hybridized carbons (Fsp3) is 0.308. The van der Waals surface area contributed by atoms with Crippen molar-refractivity contribution in [2.75, 3.05) is 29.9 Å². The summed E-state index contributed by atoms with van der Waals surface area (Å²) in [5.41, 5.74) is 4.15. The Hall–Kier alpha value is -4.18. The zero-order chi connectivity index (χ0) is 24.8. The number of rotatable bonds is 5. The van der Waals surface area contributed by atoms with E-state index in [1.807, 2.05) is 6.07 Å². The summed E-state index contributed by atoms with van der Waals surface area (Å²) in [5, 5.41) is 23.2. The molecule has 36 heavy (non-hydrogen) atoms. The van der Waals surface area contributed by atoms with Crippen molar-refractivity contribution in [2.24, 2.45) is 0 Å². The number of H-pyrrole nitrogens is 1. The topological polar surface area (TPSA) is 141 Å². The molecule has 1 atom stereocenters. The zero-order valence-electron chi connectivity index (χ0n) is 19.5. The lowest BCUT2D eigenvalue weighted by Gasteiger charge is -2.37. The van der Waals surface area contributed by atoms with Crippen molar-refractivity contribution >= 4 is 45.1 Å². The van der Waals surface area contributed by atoms with E-state index in [9.17, 15) is 19.5 Å². The van der Waals surface area contributed by atoms with Crippen LogP contribution in [0.4, 0.5) is 11.4 Å². The van der Waals surface area contributed by atoms with Crippen LogP contribution >= 0.6 is 0 Å². The number of nitrogens with zero attached hydrogens (tertiary/aromatic N) is 2. The molecule has 0 fully saturated rings. The van der Waals surface area contributed by atoms with Gasteiger partial charge in [0, 0.05) is 40.8 Å². The molecule has 184 valence electrons. The van der Waals surface area contributed by atoms with Gasteiger partial charge in [-0.05, 0) is 61.6 Å². The summed E-state index contributed by atoms with van der Waals surface area (Å²) in [5.74, 6) is -1.40. The number of aliphatic hydroxyl groups is 1. The van der Waals surface area contributed by atoms with Gasteiger partial charge in [-0.3, -0.25) is 14.7 Å². The Bertz CT molecular complexity index is 1570. The van der Waals surface area contributed by atoms with E-state index in [4.69, 9.17) is 4.42 Å². The van der Waals surface area contributed by atoms with Crippen LogP contribution in [0.5, 0.6) is 0 Å². The number of aliphatic hydroxyl groups excluding tert-OH is 1. The first-order valence-corrected chi connectivity index (χ1v) is 12.0. The van der Waals surface area contributed by atoms with Crippen LogP contribution in [0.1, 0.15) is 34.3 Å². The van der Waals surface area contributed by atoms with Gasteiger partial charge in [0.15, 0.2) is 0 Å². The molecule has 10 nitrogen and oxygen atoms in total. The minimum Gasteiger partial charge on any atom is -0.422 e. The first-order valence-electron chi connectivity index (χ1n) is 12.0. The maximum Gasteiger partial charge on any atom is 0.349 e. The molecule has 0 saturated heterocycles. The van der Waals surface area contributed by atoms with Crippen LogP contribution in [0.15, 0.2) is 45.7 Å². The first kappa shape index (κ1) is 22.3. The molecule has 10 heteroatoms. The number of benzene rings is 2. The van der Waals surface area contributed by atoms with Gasteiger partial charge in [-0.2, -0.15) is 5.10 Å². The normalized spacial score (nSPS) is 15.5. The van der Waals surface area contributed by atoms with E-state index < -0.39 is 30.1 Å². The van der Waals surface area contributed by atoms with Gasteiger partial charge in [0.25, 0.3) is 5.91 Å². The maximum atomic E-state index is 13.0. The van der Waals surface area contributed by atoms with Crippen LogP contribution in [0.2, 0.25) is 0 Å². The Morgan fingerprint density at radius 1 is 1.14 bits per heavy atom. The predicted octanol–water partition coefficient (Wildman–Crippen LogP) is 2.10. The number of hydrogen-bond acceptors (Lipinski definition) is 7.